The van der Waals surface area contributed by atoms with E-state index in [1.54, 1.807) is 12.1 Å². The number of hydrogen-bond acceptors (Lipinski definition) is 0. The molecule has 140 valence electrons. The van der Waals surface area contributed by atoms with Gasteiger partial charge in [-0.1, -0.05) is 66.7 Å². The summed E-state index contributed by atoms with van der Waals surface area (Å²) in [7, 11) is 0. The van der Waals surface area contributed by atoms with E-state index >= 15 is 4.39 Å². The summed E-state index contributed by atoms with van der Waals surface area (Å²) >= 11 is 0. The molecule has 0 atom stereocenters. The van der Waals surface area contributed by atoms with E-state index < -0.39 is 17.5 Å². The largest absolute Gasteiger partial charge is 0.203 e. The van der Waals surface area contributed by atoms with Crippen molar-refractivity contribution in [1.29, 1.82) is 0 Å². The molecule has 3 heteroatoms. The fourth-order valence-corrected chi connectivity index (χ4v) is 4.94. The molecular weight excluding hydrogens is 369 g/mol. The second-order valence-electron chi connectivity index (χ2n) is 7.67. The van der Waals surface area contributed by atoms with Crippen LogP contribution in [-0.4, -0.2) is 0 Å². The average Bonchev–Trinajstić information content (AvgIpc) is 3.31. The average molecular weight is 384 g/mol. The first-order valence-electron chi connectivity index (χ1n) is 9.63. The molecule has 0 nitrogen and oxygen atoms in total. The molecule has 0 spiro atoms. The monoisotopic (exact) mass is 384 g/mol. The van der Waals surface area contributed by atoms with Crippen LogP contribution in [0, 0.1) is 17.5 Å². The van der Waals surface area contributed by atoms with Crippen molar-refractivity contribution in [2.45, 2.75) is 12.8 Å². The van der Waals surface area contributed by atoms with E-state index in [0.29, 0.717) is 29.5 Å². The Hall–Kier alpha value is -3.33. The quantitative estimate of drug-likeness (QED) is 0.270. The van der Waals surface area contributed by atoms with Gasteiger partial charge < -0.3 is 0 Å². The third-order valence-electron chi connectivity index (χ3n) is 6.20. The third kappa shape index (κ3) is 2.16. The Morgan fingerprint density at radius 3 is 1.72 bits per heavy atom. The number of hydrogen-bond donors (Lipinski definition) is 0. The lowest BCUT2D eigenvalue weighted by Gasteiger charge is -2.16. The Morgan fingerprint density at radius 1 is 0.448 bits per heavy atom. The standard InChI is InChI=1S/C26H15F3/c27-24-22-17-9-4-2-7-15(17)13-21(22)23(25(28)26(24)29)19-11-5-10-18-16-8-3-1-6-14(16)12-20(18)19/h1-11H,12-13H2. The lowest BCUT2D eigenvalue weighted by molar-refractivity contribution is 0.450. The van der Waals surface area contributed by atoms with Gasteiger partial charge in [-0.3, -0.25) is 0 Å². The Kier molecular flexibility index (Phi) is 3.34. The molecular formula is C26H15F3. The van der Waals surface area contributed by atoms with Gasteiger partial charge in [-0.2, -0.15) is 0 Å². The smallest absolute Gasteiger partial charge is 0.195 e. The summed E-state index contributed by atoms with van der Waals surface area (Å²) in [4.78, 5) is 0. The fourth-order valence-electron chi connectivity index (χ4n) is 4.94. The lowest BCUT2D eigenvalue weighted by Crippen LogP contribution is -2.03. The highest BCUT2D eigenvalue weighted by molar-refractivity contribution is 5.90. The predicted octanol–water partition coefficient (Wildman–Crippen LogP) is 6.91. The summed E-state index contributed by atoms with van der Waals surface area (Å²) in [6.07, 6.45) is 1.05. The number of rotatable bonds is 1. The predicted molar refractivity (Wildman–Crippen MR) is 108 cm³/mol. The van der Waals surface area contributed by atoms with Gasteiger partial charge in [0.15, 0.2) is 17.5 Å². The van der Waals surface area contributed by atoms with Gasteiger partial charge in [0.1, 0.15) is 0 Å². The maximum atomic E-state index is 15.2. The Balaban J connectivity index is 1.66. The molecule has 4 aromatic carbocycles. The van der Waals surface area contributed by atoms with E-state index in [9.17, 15) is 8.78 Å². The normalized spacial score (nSPS) is 13.1. The highest BCUT2D eigenvalue weighted by Gasteiger charge is 2.33. The minimum atomic E-state index is -1.40. The number of fused-ring (bicyclic) bond motifs is 6. The Morgan fingerprint density at radius 2 is 0.966 bits per heavy atom. The minimum absolute atomic E-state index is 0.194. The van der Waals surface area contributed by atoms with Gasteiger partial charge in [0.05, 0.1) is 0 Å². The molecule has 0 fully saturated rings. The molecule has 0 unspecified atom stereocenters. The first-order valence-corrected chi connectivity index (χ1v) is 9.63. The summed E-state index contributed by atoms with van der Waals surface area (Å²) in [6, 6.07) is 21.1. The van der Waals surface area contributed by atoms with Crippen LogP contribution in [-0.2, 0) is 12.8 Å². The topological polar surface area (TPSA) is 0 Å². The van der Waals surface area contributed by atoms with Crippen molar-refractivity contribution < 1.29 is 13.2 Å². The van der Waals surface area contributed by atoms with Crippen LogP contribution in [0.2, 0.25) is 0 Å². The number of halogens is 3. The molecule has 29 heavy (non-hydrogen) atoms. The van der Waals surface area contributed by atoms with Crippen molar-refractivity contribution in [3.8, 4) is 33.4 Å². The molecule has 2 aliphatic carbocycles. The lowest BCUT2D eigenvalue weighted by atomic mass is 9.89. The molecule has 2 aliphatic rings. The van der Waals surface area contributed by atoms with Gasteiger partial charge in [0, 0.05) is 11.1 Å². The van der Waals surface area contributed by atoms with Crippen LogP contribution in [0.5, 0.6) is 0 Å². The molecule has 6 rings (SSSR count). The molecule has 0 saturated heterocycles. The van der Waals surface area contributed by atoms with Gasteiger partial charge in [0.25, 0.3) is 0 Å². The highest BCUT2D eigenvalue weighted by Crippen LogP contribution is 2.48. The summed E-state index contributed by atoms with van der Waals surface area (Å²) in [6.45, 7) is 0. The molecule has 4 aromatic rings. The number of benzene rings is 4. The van der Waals surface area contributed by atoms with Crippen molar-refractivity contribution in [2.75, 3.05) is 0 Å². The zero-order valence-corrected chi connectivity index (χ0v) is 15.4. The van der Waals surface area contributed by atoms with Crippen LogP contribution in [0.3, 0.4) is 0 Å². The first kappa shape index (κ1) is 16.6. The van der Waals surface area contributed by atoms with Crippen molar-refractivity contribution in [2.24, 2.45) is 0 Å². The van der Waals surface area contributed by atoms with Gasteiger partial charge in [-0.05, 0) is 57.3 Å². The van der Waals surface area contributed by atoms with Crippen molar-refractivity contribution >= 4 is 0 Å². The van der Waals surface area contributed by atoms with Crippen molar-refractivity contribution in [3.63, 3.8) is 0 Å². The van der Waals surface area contributed by atoms with Crippen molar-refractivity contribution in [1.82, 2.24) is 0 Å². The zero-order chi connectivity index (χ0) is 19.7. The van der Waals surface area contributed by atoms with E-state index in [0.717, 1.165) is 27.8 Å². The minimum Gasteiger partial charge on any atom is -0.203 e. The van der Waals surface area contributed by atoms with Crippen LogP contribution in [0.25, 0.3) is 33.4 Å². The molecule has 0 bridgehead atoms. The van der Waals surface area contributed by atoms with Gasteiger partial charge in [0.2, 0.25) is 0 Å². The highest BCUT2D eigenvalue weighted by atomic mass is 19.2. The molecule has 0 N–H and O–H groups in total. The van der Waals surface area contributed by atoms with E-state index in [1.165, 1.54) is 0 Å². The molecule has 0 saturated carbocycles. The van der Waals surface area contributed by atoms with Gasteiger partial charge in [-0.15, -0.1) is 0 Å². The molecule has 0 aromatic heterocycles. The van der Waals surface area contributed by atoms with E-state index in [4.69, 9.17) is 0 Å². The van der Waals surface area contributed by atoms with Crippen LogP contribution in [0.1, 0.15) is 22.3 Å². The summed E-state index contributed by atoms with van der Waals surface area (Å²) in [5.41, 5.74) is 7.40. The van der Waals surface area contributed by atoms with E-state index in [1.807, 2.05) is 48.5 Å². The summed E-state index contributed by atoms with van der Waals surface area (Å²) in [5, 5.41) is 0. The zero-order valence-electron chi connectivity index (χ0n) is 15.4. The molecule has 0 amide bonds. The molecule has 0 heterocycles. The van der Waals surface area contributed by atoms with Crippen LogP contribution >= 0.6 is 0 Å². The van der Waals surface area contributed by atoms with Gasteiger partial charge in [-0.25, -0.2) is 13.2 Å². The maximum absolute atomic E-state index is 15.2. The first-order chi connectivity index (χ1) is 14.1. The van der Waals surface area contributed by atoms with Crippen LogP contribution < -0.4 is 0 Å². The summed E-state index contributed by atoms with van der Waals surface area (Å²) < 4.78 is 44.7. The second-order valence-corrected chi connectivity index (χ2v) is 7.67. The second kappa shape index (κ2) is 5.84. The molecule has 0 aliphatic heterocycles. The third-order valence-corrected chi connectivity index (χ3v) is 6.20. The van der Waals surface area contributed by atoms with Gasteiger partial charge >= 0.3 is 0 Å². The summed E-state index contributed by atoms with van der Waals surface area (Å²) in [5.74, 6) is -3.59. The fraction of sp³-hybridized carbons (Fsp3) is 0.0769. The SMILES string of the molecule is Fc1c(F)c2c(c(-c3cccc4c3Cc3ccccc3-4)c1F)Cc1ccccc1-2. The maximum Gasteiger partial charge on any atom is 0.195 e. The van der Waals surface area contributed by atoms with Crippen LogP contribution in [0.15, 0.2) is 66.7 Å². The van der Waals surface area contributed by atoms with E-state index in [2.05, 4.69) is 6.07 Å². The van der Waals surface area contributed by atoms with Crippen molar-refractivity contribution in [3.05, 3.63) is 106 Å². The molecule has 0 radical (unpaired) electrons. The van der Waals surface area contributed by atoms with E-state index in [-0.39, 0.29) is 11.1 Å². The van der Waals surface area contributed by atoms with Crippen LogP contribution in [0.4, 0.5) is 13.2 Å². The Labute approximate surface area is 166 Å². The Bertz CT molecular complexity index is 1330.